The van der Waals surface area contributed by atoms with Gasteiger partial charge in [-0.25, -0.2) is 8.42 Å². The number of sulfonamides is 1. The van der Waals surface area contributed by atoms with E-state index in [1.807, 2.05) is 19.0 Å². The zero-order valence-corrected chi connectivity index (χ0v) is 12.7. The molecule has 0 unspecified atom stereocenters. The first kappa shape index (κ1) is 15.2. The lowest BCUT2D eigenvalue weighted by Crippen LogP contribution is -2.24. The summed E-state index contributed by atoms with van der Waals surface area (Å²) in [6.45, 7) is 0.728. The molecule has 0 heterocycles. The Hall–Kier alpha value is -0.870. The van der Waals surface area contributed by atoms with Crippen LogP contribution >= 0.6 is 15.9 Å². The minimum Gasteiger partial charge on any atom is -0.299 e. The summed E-state index contributed by atoms with van der Waals surface area (Å²) in [4.78, 5) is 2.15. The van der Waals surface area contributed by atoms with Gasteiger partial charge in [0.1, 0.15) is 0 Å². The van der Waals surface area contributed by atoms with E-state index < -0.39 is 10.0 Å². The van der Waals surface area contributed by atoms with E-state index in [0.717, 1.165) is 4.47 Å². The number of nitrogens with one attached hydrogen (secondary N) is 1. The summed E-state index contributed by atoms with van der Waals surface area (Å²) in [5.41, 5.74) is 0. The van der Waals surface area contributed by atoms with Gasteiger partial charge in [0.15, 0.2) is 0 Å². The lowest BCUT2D eigenvalue weighted by molar-refractivity contribution is 0.463. The van der Waals surface area contributed by atoms with Crippen molar-refractivity contribution in [1.82, 2.24) is 9.62 Å². The van der Waals surface area contributed by atoms with Crippen LogP contribution in [0.5, 0.6) is 0 Å². The van der Waals surface area contributed by atoms with Gasteiger partial charge < -0.3 is 0 Å². The smallest absolute Gasteiger partial charge is 0.241 e. The van der Waals surface area contributed by atoms with Gasteiger partial charge in [-0.2, -0.15) is 4.72 Å². The van der Waals surface area contributed by atoms with Crippen molar-refractivity contribution in [1.29, 1.82) is 0 Å². The molecule has 0 aliphatic rings. The van der Waals surface area contributed by atoms with Crippen molar-refractivity contribution in [2.75, 3.05) is 27.2 Å². The average molecular weight is 331 g/mol. The molecule has 1 N–H and O–H groups in total. The van der Waals surface area contributed by atoms with Gasteiger partial charge in [-0.05, 0) is 38.4 Å². The molecule has 0 saturated heterocycles. The zero-order chi connectivity index (χ0) is 13.6. The normalized spacial score (nSPS) is 11.1. The Labute approximate surface area is 117 Å². The largest absolute Gasteiger partial charge is 0.299 e. The van der Waals surface area contributed by atoms with E-state index in [0.29, 0.717) is 6.54 Å². The van der Waals surface area contributed by atoms with Gasteiger partial charge >= 0.3 is 0 Å². The number of halogens is 1. The summed E-state index contributed by atoms with van der Waals surface area (Å²) in [5.74, 6) is 5.62. The molecule has 0 spiro atoms. The first-order valence-electron chi connectivity index (χ1n) is 5.27. The van der Waals surface area contributed by atoms with Gasteiger partial charge in [-0.3, -0.25) is 4.90 Å². The first-order chi connectivity index (χ1) is 8.42. The van der Waals surface area contributed by atoms with Gasteiger partial charge in [-0.15, -0.1) is 0 Å². The van der Waals surface area contributed by atoms with E-state index in [1.54, 1.807) is 24.3 Å². The summed E-state index contributed by atoms with van der Waals surface area (Å²) >= 11 is 3.26. The lowest BCUT2D eigenvalue weighted by Gasteiger charge is -2.04. The molecule has 0 saturated carbocycles. The van der Waals surface area contributed by atoms with Crippen molar-refractivity contribution in [2.45, 2.75) is 4.90 Å². The Morgan fingerprint density at radius 1 is 1.22 bits per heavy atom. The first-order valence-corrected chi connectivity index (χ1v) is 7.55. The maximum atomic E-state index is 11.8. The molecule has 0 atom stereocenters. The van der Waals surface area contributed by atoms with Crippen molar-refractivity contribution in [2.24, 2.45) is 0 Å². The SMILES string of the molecule is CN(C)CC#CCNS(=O)(=O)c1ccc(Br)cc1. The van der Waals surface area contributed by atoms with Crippen LogP contribution in [-0.4, -0.2) is 40.5 Å². The van der Waals surface area contributed by atoms with Crippen LogP contribution in [0.3, 0.4) is 0 Å². The summed E-state index contributed by atoms with van der Waals surface area (Å²) < 4.78 is 26.9. The standard InChI is InChI=1S/C12H15BrN2O2S/c1-15(2)10-4-3-9-14-18(16,17)12-7-5-11(13)6-8-12/h5-8,14H,9-10H2,1-2H3. The van der Waals surface area contributed by atoms with Gasteiger partial charge in [0.25, 0.3) is 0 Å². The monoisotopic (exact) mass is 330 g/mol. The van der Waals surface area contributed by atoms with Crippen molar-refractivity contribution in [3.05, 3.63) is 28.7 Å². The highest BCUT2D eigenvalue weighted by Crippen LogP contribution is 2.14. The maximum absolute atomic E-state index is 11.8. The van der Waals surface area contributed by atoms with Gasteiger partial charge in [-0.1, -0.05) is 27.8 Å². The number of nitrogens with zero attached hydrogens (tertiary/aromatic N) is 1. The van der Waals surface area contributed by atoms with Crippen molar-refractivity contribution >= 4 is 26.0 Å². The molecule has 18 heavy (non-hydrogen) atoms. The Morgan fingerprint density at radius 3 is 2.39 bits per heavy atom. The van der Waals surface area contributed by atoms with Gasteiger partial charge in [0.2, 0.25) is 10.0 Å². The summed E-state index contributed by atoms with van der Waals surface area (Å²) in [7, 11) is 0.342. The second kappa shape index (κ2) is 6.90. The van der Waals surface area contributed by atoms with Crippen LogP contribution in [0.1, 0.15) is 0 Å². The molecular weight excluding hydrogens is 316 g/mol. The van der Waals surface area contributed by atoms with E-state index in [9.17, 15) is 8.42 Å². The molecule has 0 amide bonds. The molecule has 0 aliphatic heterocycles. The van der Waals surface area contributed by atoms with E-state index >= 15 is 0 Å². The van der Waals surface area contributed by atoms with E-state index in [2.05, 4.69) is 32.5 Å². The maximum Gasteiger partial charge on any atom is 0.241 e. The van der Waals surface area contributed by atoms with E-state index in [4.69, 9.17) is 0 Å². The van der Waals surface area contributed by atoms with Crippen LogP contribution in [-0.2, 0) is 10.0 Å². The average Bonchev–Trinajstić information content (AvgIpc) is 2.28. The fourth-order valence-corrected chi connectivity index (χ4v) is 2.29. The molecule has 1 rings (SSSR count). The van der Waals surface area contributed by atoms with Crippen LogP contribution in [0, 0.1) is 11.8 Å². The van der Waals surface area contributed by atoms with Crippen LogP contribution < -0.4 is 4.72 Å². The number of benzene rings is 1. The summed E-state index contributed by atoms with van der Waals surface area (Å²) in [5, 5.41) is 0. The van der Waals surface area contributed by atoms with Crippen LogP contribution in [0.15, 0.2) is 33.6 Å². The number of hydrogen-bond acceptors (Lipinski definition) is 3. The Kier molecular flexibility index (Phi) is 5.82. The topological polar surface area (TPSA) is 49.4 Å². The zero-order valence-electron chi connectivity index (χ0n) is 10.3. The third-order valence-corrected chi connectivity index (χ3v) is 3.94. The number of rotatable bonds is 4. The third kappa shape index (κ3) is 5.19. The lowest BCUT2D eigenvalue weighted by atomic mass is 10.4. The van der Waals surface area contributed by atoms with Crippen LogP contribution in [0.2, 0.25) is 0 Å². The molecule has 4 nitrogen and oxygen atoms in total. The van der Waals surface area contributed by atoms with Crippen LogP contribution in [0.25, 0.3) is 0 Å². The molecule has 6 heteroatoms. The highest BCUT2D eigenvalue weighted by atomic mass is 79.9. The van der Waals surface area contributed by atoms with Crippen LogP contribution in [0.4, 0.5) is 0 Å². The highest BCUT2D eigenvalue weighted by molar-refractivity contribution is 9.10. The molecule has 0 aliphatic carbocycles. The Bertz CT molecular complexity index is 542. The fraction of sp³-hybridized carbons (Fsp3) is 0.333. The summed E-state index contributed by atoms with van der Waals surface area (Å²) in [6, 6.07) is 6.46. The number of hydrogen-bond donors (Lipinski definition) is 1. The molecule has 1 aromatic rings. The van der Waals surface area contributed by atoms with Crippen molar-refractivity contribution in [3.63, 3.8) is 0 Å². The predicted octanol–water partition coefficient (Wildman–Crippen LogP) is 1.29. The minimum atomic E-state index is -3.46. The Balaban J connectivity index is 2.60. The third-order valence-electron chi connectivity index (χ3n) is 1.99. The van der Waals surface area contributed by atoms with E-state index in [-0.39, 0.29) is 11.4 Å². The molecular formula is C12H15BrN2O2S. The summed E-state index contributed by atoms with van der Waals surface area (Å²) in [6.07, 6.45) is 0. The van der Waals surface area contributed by atoms with Crippen molar-refractivity contribution in [3.8, 4) is 11.8 Å². The molecule has 1 aromatic carbocycles. The quantitative estimate of drug-likeness (QED) is 0.846. The van der Waals surface area contributed by atoms with Crippen molar-refractivity contribution < 1.29 is 8.42 Å². The predicted molar refractivity (Wildman–Crippen MR) is 75.7 cm³/mol. The molecule has 0 aromatic heterocycles. The second-order valence-electron chi connectivity index (χ2n) is 3.87. The minimum absolute atomic E-state index is 0.117. The highest BCUT2D eigenvalue weighted by Gasteiger charge is 2.11. The molecule has 0 bridgehead atoms. The van der Waals surface area contributed by atoms with E-state index in [1.165, 1.54) is 0 Å². The molecule has 98 valence electrons. The molecule has 0 fully saturated rings. The second-order valence-corrected chi connectivity index (χ2v) is 6.55. The molecule has 0 radical (unpaired) electrons. The Morgan fingerprint density at radius 2 is 1.83 bits per heavy atom. The van der Waals surface area contributed by atoms with Gasteiger partial charge in [0, 0.05) is 4.47 Å². The fourth-order valence-electron chi connectivity index (χ4n) is 1.10. The van der Waals surface area contributed by atoms with Gasteiger partial charge in [0.05, 0.1) is 18.0 Å².